The van der Waals surface area contributed by atoms with Crippen molar-refractivity contribution >= 4 is 32.8 Å². The first-order chi connectivity index (χ1) is 13.5. The zero-order valence-electron chi connectivity index (χ0n) is 15.6. The topological polar surface area (TPSA) is 83.6 Å². The van der Waals surface area contributed by atoms with E-state index in [4.69, 9.17) is 9.47 Å². The SMILES string of the molecule is COc1ccc(CC2(C(=O)O)NCCc3c2[nH]c2c(Br)cccc32)cc1OC. The lowest BCUT2D eigenvalue weighted by atomic mass is 9.82. The molecule has 3 N–H and O–H groups in total. The fourth-order valence-corrected chi connectivity index (χ4v) is 4.52. The quantitative estimate of drug-likeness (QED) is 0.559. The maximum absolute atomic E-state index is 12.5. The van der Waals surface area contributed by atoms with Crippen molar-refractivity contribution in [1.29, 1.82) is 0 Å². The number of carbonyl (C=O) groups is 1. The second-order valence-electron chi connectivity index (χ2n) is 6.89. The summed E-state index contributed by atoms with van der Waals surface area (Å²) in [5, 5.41) is 14.6. The summed E-state index contributed by atoms with van der Waals surface area (Å²) in [5.74, 6) is 0.282. The molecule has 0 saturated carbocycles. The Morgan fingerprint density at radius 1 is 1.21 bits per heavy atom. The third kappa shape index (κ3) is 2.86. The molecule has 1 atom stereocenters. The van der Waals surface area contributed by atoms with Crippen LogP contribution in [0.5, 0.6) is 11.5 Å². The molecule has 1 aromatic heterocycles. The molecule has 28 heavy (non-hydrogen) atoms. The molecule has 0 fully saturated rings. The van der Waals surface area contributed by atoms with E-state index in [1.165, 1.54) is 0 Å². The molecule has 0 spiro atoms. The van der Waals surface area contributed by atoms with Crippen LogP contribution >= 0.6 is 15.9 Å². The first-order valence-electron chi connectivity index (χ1n) is 8.99. The van der Waals surface area contributed by atoms with Gasteiger partial charge in [0.1, 0.15) is 0 Å². The number of H-pyrrole nitrogens is 1. The maximum atomic E-state index is 12.5. The molecular weight excluding hydrogens is 424 g/mol. The van der Waals surface area contributed by atoms with Gasteiger partial charge >= 0.3 is 5.97 Å². The van der Waals surface area contributed by atoms with Crippen molar-refractivity contribution in [2.24, 2.45) is 0 Å². The van der Waals surface area contributed by atoms with E-state index in [2.05, 4.69) is 26.2 Å². The molecule has 0 saturated heterocycles. The van der Waals surface area contributed by atoms with Gasteiger partial charge in [0.05, 0.1) is 25.4 Å². The number of hydrogen-bond acceptors (Lipinski definition) is 4. The molecule has 4 rings (SSSR count). The summed E-state index contributed by atoms with van der Waals surface area (Å²) in [7, 11) is 3.15. The molecule has 146 valence electrons. The smallest absolute Gasteiger partial charge is 0.330 e. The number of methoxy groups -OCH3 is 2. The number of aromatic amines is 1. The molecule has 6 nitrogen and oxygen atoms in total. The molecule has 1 aliphatic heterocycles. The van der Waals surface area contributed by atoms with Crippen LogP contribution in [0.15, 0.2) is 40.9 Å². The summed E-state index contributed by atoms with van der Waals surface area (Å²) in [6.45, 7) is 0.589. The standard InChI is InChI=1S/C21H21BrN2O4/c1-27-16-7-6-12(10-17(16)28-2)11-21(20(25)26)19-14(8-9-23-21)13-4-3-5-15(22)18(13)24-19/h3-7,10,23-24H,8-9,11H2,1-2H3,(H,25,26). The number of para-hydroxylation sites is 1. The predicted molar refractivity (Wildman–Crippen MR) is 110 cm³/mol. The number of ether oxygens (including phenoxy) is 2. The molecule has 2 heterocycles. The molecular formula is C21H21BrN2O4. The first-order valence-corrected chi connectivity index (χ1v) is 9.78. The van der Waals surface area contributed by atoms with Crippen LogP contribution in [0.1, 0.15) is 16.8 Å². The van der Waals surface area contributed by atoms with E-state index in [1.807, 2.05) is 30.3 Å². The number of aliphatic carboxylic acids is 1. The molecule has 0 bridgehead atoms. The monoisotopic (exact) mass is 444 g/mol. The van der Waals surface area contributed by atoms with Gasteiger partial charge in [-0.2, -0.15) is 0 Å². The van der Waals surface area contributed by atoms with Crippen molar-refractivity contribution in [2.75, 3.05) is 20.8 Å². The zero-order valence-corrected chi connectivity index (χ0v) is 17.2. The molecule has 3 aromatic rings. The molecule has 2 aromatic carbocycles. The second kappa shape index (κ2) is 7.14. The Bertz CT molecular complexity index is 1060. The van der Waals surface area contributed by atoms with E-state index in [-0.39, 0.29) is 6.42 Å². The highest BCUT2D eigenvalue weighted by Crippen LogP contribution is 2.39. The van der Waals surface area contributed by atoms with E-state index in [0.717, 1.165) is 32.9 Å². The highest BCUT2D eigenvalue weighted by molar-refractivity contribution is 9.10. The summed E-state index contributed by atoms with van der Waals surface area (Å²) in [5.41, 5.74) is 2.29. The second-order valence-corrected chi connectivity index (χ2v) is 7.75. The van der Waals surface area contributed by atoms with Crippen LogP contribution in [0.2, 0.25) is 0 Å². The van der Waals surface area contributed by atoms with Gasteiger partial charge in [-0.15, -0.1) is 0 Å². The number of nitrogens with one attached hydrogen (secondary N) is 2. The number of fused-ring (bicyclic) bond motifs is 3. The minimum atomic E-state index is -1.24. The lowest BCUT2D eigenvalue weighted by Gasteiger charge is -2.35. The summed E-state index contributed by atoms with van der Waals surface area (Å²) >= 11 is 3.57. The highest BCUT2D eigenvalue weighted by Gasteiger charge is 2.46. The number of benzene rings is 2. The third-order valence-electron chi connectivity index (χ3n) is 5.40. The van der Waals surface area contributed by atoms with Crippen molar-refractivity contribution in [2.45, 2.75) is 18.4 Å². The third-order valence-corrected chi connectivity index (χ3v) is 6.06. The van der Waals surface area contributed by atoms with Crippen molar-refractivity contribution in [3.05, 3.63) is 57.7 Å². The molecule has 7 heteroatoms. The van der Waals surface area contributed by atoms with Gasteiger partial charge in [0, 0.05) is 22.8 Å². The number of carboxylic acids is 1. The molecule has 0 radical (unpaired) electrons. The number of hydrogen-bond donors (Lipinski definition) is 3. The number of aromatic nitrogens is 1. The Balaban J connectivity index is 1.86. The average molecular weight is 445 g/mol. The maximum Gasteiger partial charge on any atom is 0.330 e. The Hall–Kier alpha value is -2.51. The number of rotatable bonds is 5. The van der Waals surface area contributed by atoms with Crippen molar-refractivity contribution in [3.8, 4) is 11.5 Å². The van der Waals surface area contributed by atoms with Gasteiger partial charge in [0.2, 0.25) is 0 Å². The van der Waals surface area contributed by atoms with Gasteiger partial charge in [0.25, 0.3) is 0 Å². The average Bonchev–Trinajstić information content (AvgIpc) is 3.09. The van der Waals surface area contributed by atoms with Crippen molar-refractivity contribution in [3.63, 3.8) is 0 Å². The molecule has 1 unspecified atom stereocenters. The zero-order chi connectivity index (χ0) is 19.9. The molecule has 1 aliphatic rings. The fraction of sp³-hybridized carbons (Fsp3) is 0.286. The largest absolute Gasteiger partial charge is 0.493 e. The van der Waals surface area contributed by atoms with Crippen LogP contribution in [-0.4, -0.2) is 36.8 Å². The Morgan fingerprint density at radius 2 is 2.00 bits per heavy atom. The van der Waals surface area contributed by atoms with Gasteiger partial charge in [-0.25, -0.2) is 4.79 Å². The van der Waals surface area contributed by atoms with Crippen LogP contribution in [-0.2, 0) is 23.2 Å². The van der Waals surface area contributed by atoms with Gasteiger partial charge in [-0.3, -0.25) is 5.32 Å². The van der Waals surface area contributed by atoms with Gasteiger partial charge in [0.15, 0.2) is 17.0 Å². The van der Waals surface area contributed by atoms with E-state index < -0.39 is 11.5 Å². The van der Waals surface area contributed by atoms with Crippen molar-refractivity contribution < 1.29 is 19.4 Å². The lowest BCUT2D eigenvalue weighted by Crippen LogP contribution is -2.54. The summed E-state index contributed by atoms with van der Waals surface area (Å²) in [6, 6.07) is 11.5. The number of halogens is 1. The minimum Gasteiger partial charge on any atom is -0.493 e. The van der Waals surface area contributed by atoms with Crippen LogP contribution in [0.3, 0.4) is 0 Å². The predicted octanol–water partition coefficient (Wildman–Crippen LogP) is 3.62. The lowest BCUT2D eigenvalue weighted by molar-refractivity contribution is -0.145. The normalized spacial score (nSPS) is 18.7. The van der Waals surface area contributed by atoms with E-state index in [0.29, 0.717) is 23.7 Å². The van der Waals surface area contributed by atoms with Gasteiger partial charge in [-0.05, 0) is 51.7 Å². The number of carboxylic acid groups (broad SMARTS) is 1. The van der Waals surface area contributed by atoms with Gasteiger partial charge < -0.3 is 19.6 Å². The van der Waals surface area contributed by atoms with Gasteiger partial charge in [-0.1, -0.05) is 18.2 Å². The molecule has 0 aliphatic carbocycles. The van der Waals surface area contributed by atoms with E-state index >= 15 is 0 Å². The molecule has 0 amide bonds. The summed E-state index contributed by atoms with van der Waals surface area (Å²) in [4.78, 5) is 15.9. The van der Waals surface area contributed by atoms with E-state index in [9.17, 15) is 9.90 Å². The first kappa shape index (κ1) is 18.8. The van der Waals surface area contributed by atoms with Crippen LogP contribution in [0.25, 0.3) is 10.9 Å². The Morgan fingerprint density at radius 3 is 2.71 bits per heavy atom. The Kier molecular flexibility index (Phi) is 4.81. The van der Waals surface area contributed by atoms with Crippen LogP contribution in [0, 0.1) is 0 Å². The van der Waals surface area contributed by atoms with E-state index in [1.54, 1.807) is 20.3 Å². The summed E-state index contributed by atoms with van der Waals surface area (Å²) < 4.78 is 11.6. The summed E-state index contributed by atoms with van der Waals surface area (Å²) in [6.07, 6.45) is 1.05. The van der Waals surface area contributed by atoms with Crippen LogP contribution < -0.4 is 14.8 Å². The van der Waals surface area contributed by atoms with Crippen molar-refractivity contribution in [1.82, 2.24) is 10.3 Å². The fourth-order valence-electron chi connectivity index (χ4n) is 4.06. The Labute approximate surface area is 171 Å². The minimum absolute atomic E-state index is 0.278. The van der Waals surface area contributed by atoms with Crippen LogP contribution in [0.4, 0.5) is 0 Å². The highest BCUT2D eigenvalue weighted by atomic mass is 79.9.